The van der Waals surface area contributed by atoms with Crippen LogP contribution in [0.5, 0.6) is 0 Å². The Morgan fingerprint density at radius 2 is 1.74 bits per heavy atom. The average molecular weight is 435 g/mol. The molecule has 31 heavy (non-hydrogen) atoms. The van der Waals surface area contributed by atoms with Crippen LogP contribution in [-0.2, 0) is 17.5 Å². The predicted octanol–water partition coefficient (Wildman–Crippen LogP) is 4.44. The molecule has 3 rings (SSSR count). The first-order chi connectivity index (χ1) is 14.5. The Hall–Kier alpha value is -3.23. The lowest BCUT2D eigenvalue weighted by atomic mass is 10.1. The number of hydrogen-bond donors (Lipinski definition) is 1. The summed E-state index contributed by atoms with van der Waals surface area (Å²) in [5, 5.41) is 2.62. The molecule has 3 aromatic rings. The summed E-state index contributed by atoms with van der Waals surface area (Å²) in [4.78, 5) is 29.2. The number of rotatable bonds is 5. The van der Waals surface area contributed by atoms with E-state index in [1.165, 1.54) is 30.3 Å². The number of carbonyl (C=O) groups is 1. The fraction of sp³-hybridized carbons (Fsp3) is 0.318. The number of amides is 1. The molecule has 1 atom stereocenters. The molecule has 1 aromatic heterocycles. The van der Waals surface area contributed by atoms with Crippen molar-refractivity contribution in [3.05, 3.63) is 75.0 Å². The molecule has 0 aliphatic carbocycles. The Bertz CT molecular complexity index is 1180. The fourth-order valence-corrected chi connectivity index (χ4v) is 3.35. The van der Waals surface area contributed by atoms with Crippen LogP contribution in [0, 0.1) is 19.7 Å². The first-order valence-corrected chi connectivity index (χ1v) is 9.65. The second-order valence-corrected chi connectivity index (χ2v) is 7.33. The van der Waals surface area contributed by atoms with Crippen molar-refractivity contribution in [1.82, 2.24) is 14.9 Å². The van der Waals surface area contributed by atoms with Crippen LogP contribution in [0.15, 0.2) is 41.2 Å². The van der Waals surface area contributed by atoms with Crippen LogP contribution in [0.4, 0.5) is 17.6 Å². The molecular formula is C22H21F4N3O2. The molecule has 5 nitrogen and oxygen atoms in total. The zero-order valence-corrected chi connectivity index (χ0v) is 17.2. The van der Waals surface area contributed by atoms with Gasteiger partial charge in [-0.15, -0.1) is 0 Å². The lowest BCUT2D eigenvalue weighted by molar-refractivity contribution is -0.142. The number of nitrogens with one attached hydrogen (secondary N) is 1. The third kappa shape index (κ3) is 4.60. The minimum absolute atomic E-state index is 0.0141. The second kappa shape index (κ2) is 8.49. The molecular weight excluding hydrogens is 414 g/mol. The molecule has 0 radical (unpaired) electrons. The van der Waals surface area contributed by atoms with Crippen molar-refractivity contribution in [3.63, 3.8) is 0 Å². The van der Waals surface area contributed by atoms with Gasteiger partial charge >= 0.3 is 6.18 Å². The number of hydrogen-bond acceptors (Lipinski definition) is 3. The molecule has 0 spiro atoms. The lowest BCUT2D eigenvalue weighted by Crippen LogP contribution is -2.40. The number of aryl methyl sites for hydroxylation is 2. The Morgan fingerprint density at radius 1 is 1.13 bits per heavy atom. The topological polar surface area (TPSA) is 64.0 Å². The van der Waals surface area contributed by atoms with Crippen molar-refractivity contribution in [2.24, 2.45) is 0 Å². The van der Waals surface area contributed by atoms with Crippen molar-refractivity contribution < 1.29 is 22.4 Å². The molecule has 164 valence electrons. The molecule has 0 aliphatic heterocycles. The normalized spacial score (nSPS) is 12.7. The first-order valence-electron chi connectivity index (χ1n) is 9.65. The number of aromatic nitrogens is 2. The summed E-state index contributed by atoms with van der Waals surface area (Å²) in [6.45, 7) is 5.13. The Balaban J connectivity index is 2.09. The summed E-state index contributed by atoms with van der Waals surface area (Å²) >= 11 is 0. The number of fused-ring (bicyclic) bond motifs is 1. The van der Waals surface area contributed by atoms with Gasteiger partial charge in [-0.1, -0.05) is 19.1 Å². The van der Waals surface area contributed by atoms with E-state index < -0.39 is 35.2 Å². The monoisotopic (exact) mass is 435 g/mol. The zero-order valence-electron chi connectivity index (χ0n) is 17.2. The van der Waals surface area contributed by atoms with E-state index in [4.69, 9.17) is 0 Å². The van der Waals surface area contributed by atoms with E-state index in [2.05, 4.69) is 10.3 Å². The van der Waals surface area contributed by atoms with Gasteiger partial charge < -0.3 is 5.32 Å². The first kappa shape index (κ1) is 22.5. The van der Waals surface area contributed by atoms with E-state index in [-0.39, 0.29) is 24.0 Å². The van der Waals surface area contributed by atoms with Crippen LogP contribution < -0.4 is 10.9 Å². The van der Waals surface area contributed by atoms with Gasteiger partial charge in [0.25, 0.3) is 5.56 Å². The molecule has 0 bridgehead atoms. The third-order valence-electron chi connectivity index (χ3n) is 5.15. The standard InChI is InChI=1S/C22H21F4N3O2/c1-4-17(20(30)27-11-14-5-7-15(23)8-6-14)29-18-10-13(3)12(2)9-16(18)28-19(21(29)31)22(24,25)26/h5-10,17H,4,11H2,1-3H3,(H,27,30). The Labute approximate surface area is 175 Å². The molecule has 0 aliphatic rings. The molecule has 1 N–H and O–H groups in total. The van der Waals surface area contributed by atoms with Gasteiger partial charge in [-0.3, -0.25) is 14.2 Å². The summed E-state index contributed by atoms with van der Waals surface area (Å²) in [6, 6.07) is 7.30. The molecule has 1 amide bonds. The summed E-state index contributed by atoms with van der Waals surface area (Å²) in [7, 11) is 0. The molecule has 1 heterocycles. The van der Waals surface area contributed by atoms with Crippen molar-refractivity contribution in [1.29, 1.82) is 0 Å². The van der Waals surface area contributed by atoms with Crippen LogP contribution in [0.1, 0.15) is 41.8 Å². The van der Waals surface area contributed by atoms with Gasteiger partial charge in [0.05, 0.1) is 11.0 Å². The zero-order chi connectivity index (χ0) is 22.9. The van der Waals surface area contributed by atoms with Crippen molar-refractivity contribution in [2.75, 3.05) is 0 Å². The maximum absolute atomic E-state index is 13.5. The average Bonchev–Trinajstić information content (AvgIpc) is 2.70. The predicted molar refractivity (Wildman–Crippen MR) is 108 cm³/mol. The van der Waals surface area contributed by atoms with Crippen molar-refractivity contribution in [2.45, 2.75) is 46.0 Å². The smallest absolute Gasteiger partial charge is 0.350 e. The highest BCUT2D eigenvalue weighted by molar-refractivity contribution is 5.84. The quantitative estimate of drug-likeness (QED) is 0.603. The van der Waals surface area contributed by atoms with Crippen molar-refractivity contribution in [3.8, 4) is 0 Å². The summed E-state index contributed by atoms with van der Waals surface area (Å²) < 4.78 is 54.4. The number of nitrogens with zero attached hydrogens (tertiary/aromatic N) is 2. The summed E-state index contributed by atoms with van der Waals surface area (Å²) in [6.07, 6.45) is -4.88. The van der Waals surface area contributed by atoms with E-state index in [1.54, 1.807) is 26.8 Å². The van der Waals surface area contributed by atoms with Crippen LogP contribution >= 0.6 is 0 Å². The van der Waals surface area contributed by atoms with Gasteiger partial charge in [0.2, 0.25) is 11.6 Å². The van der Waals surface area contributed by atoms with Crippen LogP contribution in [0.2, 0.25) is 0 Å². The Kier molecular flexibility index (Phi) is 6.15. The van der Waals surface area contributed by atoms with Crippen LogP contribution in [0.3, 0.4) is 0 Å². The van der Waals surface area contributed by atoms with Gasteiger partial charge in [-0.25, -0.2) is 9.37 Å². The number of carbonyl (C=O) groups excluding carboxylic acids is 1. The molecule has 0 fully saturated rings. The maximum Gasteiger partial charge on any atom is 0.438 e. The highest BCUT2D eigenvalue weighted by Crippen LogP contribution is 2.29. The molecule has 0 saturated heterocycles. The maximum atomic E-state index is 13.5. The van der Waals surface area contributed by atoms with Gasteiger partial charge in [-0.05, 0) is 61.2 Å². The van der Waals surface area contributed by atoms with Gasteiger partial charge in [-0.2, -0.15) is 13.2 Å². The minimum Gasteiger partial charge on any atom is -0.350 e. The number of alkyl halides is 3. The van der Waals surface area contributed by atoms with Crippen LogP contribution in [0.25, 0.3) is 11.0 Å². The van der Waals surface area contributed by atoms with E-state index >= 15 is 0 Å². The van der Waals surface area contributed by atoms with Crippen LogP contribution in [-0.4, -0.2) is 15.5 Å². The Morgan fingerprint density at radius 3 is 2.32 bits per heavy atom. The molecule has 1 unspecified atom stereocenters. The third-order valence-corrected chi connectivity index (χ3v) is 5.15. The number of halogens is 4. The van der Waals surface area contributed by atoms with E-state index in [0.717, 1.165) is 10.1 Å². The minimum atomic E-state index is -4.96. The summed E-state index contributed by atoms with van der Waals surface area (Å²) in [5.41, 5.74) is -0.709. The molecule has 0 saturated carbocycles. The highest BCUT2D eigenvalue weighted by atomic mass is 19.4. The SMILES string of the molecule is CCC(C(=O)NCc1ccc(F)cc1)n1c(=O)c(C(F)(F)F)nc2cc(C)c(C)cc21. The van der Waals surface area contributed by atoms with Gasteiger partial charge in [0.1, 0.15) is 11.9 Å². The fourth-order valence-electron chi connectivity index (χ4n) is 3.35. The van der Waals surface area contributed by atoms with E-state index in [1.807, 2.05) is 0 Å². The summed E-state index contributed by atoms with van der Waals surface area (Å²) in [5.74, 6) is -1.05. The van der Waals surface area contributed by atoms with E-state index in [0.29, 0.717) is 11.1 Å². The van der Waals surface area contributed by atoms with E-state index in [9.17, 15) is 27.2 Å². The highest BCUT2D eigenvalue weighted by Gasteiger charge is 2.38. The lowest BCUT2D eigenvalue weighted by Gasteiger charge is -2.22. The van der Waals surface area contributed by atoms with Gasteiger partial charge in [0, 0.05) is 6.54 Å². The largest absolute Gasteiger partial charge is 0.438 e. The van der Waals surface area contributed by atoms with Crippen molar-refractivity contribution >= 4 is 16.9 Å². The molecule has 2 aromatic carbocycles. The number of benzene rings is 2. The van der Waals surface area contributed by atoms with Gasteiger partial charge in [0.15, 0.2) is 0 Å². The second-order valence-electron chi connectivity index (χ2n) is 7.33. The molecule has 9 heteroatoms.